The first-order valence-corrected chi connectivity index (χ1v) is 9.67. The molecule has 31 heavy (non-hydrogen) atoms. The Hall–Kier alpha value is -3.62. The fraction of sp³-hybridized carbons (Fsp3) is 0.400. The van der Waals surface area contributed by atoms with Crippen LogP contribution in [0.2, 0.25) is 0 Å². The molecule has 3 heterocycles. The molecule has 4 rings (SSSR count). The van der Waals surface area contributed by atoms with Crippen LogP contribution in [0.25, 0.3) is 11.2 Å². The van der Waals surface area contributed by atoms with Crippen LogP contribution in [0.3, 0.4) is 0 Å². The molecule has 0 aliphatic heterocycles. The lowest BCUT2D eigenvalue weighted by Crippen LogP contribution is -2.45. The number of carbonyl (C=O) groups excluding carboxylic acids is 1. The van der Waals surface area contributed by atoms with Gasteiger partial charge in [-0.2, -0.15) is 0 Å². The van der Waals surface area contributed by atoms with E-state index in [4.69, 9.17) is 0 Å². The zero-order valence-electron chi connectivity index (χ0n) is 17.2. The van der Waals surface area contributed by atoms with Gasteiger partial charge in [0.25, 0.3) is 0 Å². The molecule has 0 aromatic carbocycles. The van der Waals surface area contributed by atoms with Gasteiger partial charge in [-0.05, 0) is 25.2 Å². The normalized spacial score (nSPS) is 25.1. The summed E-state index contributed by atoms with van der Waals surface area (Å²) in [5.41, 5.74) is 0.243. The highest BCUT2D eigenvalue weighted by molar-refractivity contribution is 5.85. The third-order valence-corrected chi connectivity index (χ3v) is 5.63. The van der Waals surface area contributed by atoms with E-state index in [1.807, 2.05) is 0 Å². The summed E-state index contributed by atoms with van der Waals surface area (Å²) in [6, 6.07) is -0.609. The van der Waals surface area contributed by atoms with Crippen LogP contribution in [0, 0.1) is 17.3 Å². The molecule has 0 bridgehead atoms. The van der Waals surface area contributed by atoms with Crippen molar-refractivity contribution < 1.29 is 15.0 Å². The number of aliphatic hydroxyl groups is 2. The number of aromatic nitrogens is 6. The first-order chi connectivity index (χ1) is 14.9. The number of hydrogen-bond donors (Lipinski definition) is 4. The molecule has 11 nitrogen and oxygen atoms in total. The standard InChI is InChI=1S/C20H22N8O3/c1-20(19(31)22-3)8-12(15(29)16(20)30)28-10-25-14-17(21-2)26-13(27-18(14)28)5-4-11-9-23-6-7-24-11/h6-7,9-10,12,15-16,29-30H,8H2,1-3H3,(H,22,31)(H,21,26,27)/t12-,15+,16+,20?/m1/s1. The Kier molecular flexibility index (Phi) is 5.26. The fourth-order valence-corrected chi connectivity index (χ4v) is 3.91. The number of amides is 1. The number of anilines is 1. The zero-order chi connectivity index (χ0) is 22.2. The molecule has 0 spiro atoms. The number of hydrogen-bond acceptors (Lipinski definition) is 9. The number of nitrogens with one attached hydrogen (secondary N) is 2. The number of carbonyl (C=O) groups is 1. The number of nitrogens with zero attached hydrogens (tertiary/aromatic N) is 6. The number of fused-ring (bicyclic) bond motifs is 1. The zero-order valence-corrected chi connectivity index (χ0v) is 17.2. The Morgan fingerprint density at radius 1 is 1.23 bits per heavy atom. The predicted molar refractivity (Wildman–Crippen MR) is 111 cm³/mol. The predicted octanol–water partition coefficient (Wildman–Crippen LogP) is -0.523. The van der Waals surface area contributed by atoms with Crippen molar-refractivity contribution in [3.8, 4) is 11.8 Å². The topological polar surface area (TPSA) is 151 Å². The number of aliphatic hydroxyl groups excluding tert-OH is 2. The smallest absolute Gasteiger partial charge is 0.228 e. The minimum Gasteiger partial charge on any atom is -0.389 e. The molecule has 160 valence electrons. The Balaban J connectivity index is 1.78. The molecule has 1 aliphatic carbocycles. The third kappa shape index (κ3) is 3.45. The van der Waals surface area contributed by atoms with Crippen LogP contribution in [0.1, 0.15) is 30.9 Å². The highest BCUT2D eigenvalue weighted by Gasteiger charge is 2.54. The maximum Gasteiger partial charge on any atom is 0.228 e. The lowest BCUT2D eigenvalue weighted by atomic mass is 9.85. The average molecular weight is 422 g/mol. The van der Waals surface area contributed by atoms with Gasteiger partial charge < -0.3 is 25.4 Å². The van der Waals surface area contributed by atoms with Crippen LogP contribution in [-0.2, 0) is 4.79 Å². The Labute approximate surface area is 178 Å². The summed E-state index contributed by atoms with van der Waals surface area (Å²) >= 11 is 0. The van der Waals surface area contributed by atoms with Crippen LogP contribution in [0.15, 0.2) is 24.9 Å². The Morgan fingerprint density at radius 2 is 2.03 bits per heavy atom. The van der Waals surface area contributed by atoms with Crippen molar-refractivity contribution >= 4 is 22.9 Å². The van der Waals surface area contributed by atoms with Crippen molar-refractivity contribution in [3.05, 3.63) is 36.4 Å². The molecule has 1 amide bonds. The number of rotatable bonds is 3. The fourth-order valence-electron chi connectivity index (χ4n) is 3.91. The van der Waals surface area contributed by atoms with Gasteiger partial charge >= 0.3 is 0 Å². The van der Waals surface area contributed by atoms with Gasteiger partial charge in [0, 0.05) is 26.5 Å². The Bertz CT molecular complexity index is 1190. The molecule has 1 fully saturated rings. The Morgan fingerprint density at radius 3 is 2.71 bits per heavy atom. The summed E-state index contributed by atoms with van der Waals surface area (Å²) in [5.74, 6) is 6.08. The van der Waals surface area contributed by atoms with E-state index in [9.17, 15) is 15.0 Å². The molecular weight excluding hydrogens is 400 g/mol. The second-order valence-corrected chi connectivity index (χ2v) is 7.51. The first-order valence-electron chi connectivity index (χ1n) is 9.67. The SMILES string of the molecule is CNC(=O)C1(C)C[C@@H](n2cnc3c(NC)nc(C#Cc4cnccn4)nc32)[C@H](O)[C@@H]1O. The van der Waals surface area contributed by atoms with Crippen LogP contribution in [-0.4, -0.2) is 71.9 Å². The summed E-state index contributed by atoms with van der Waals surface area (Å²) in [6.07, 6.45) is 3.94. The van der Waals surface area contributed by atoms with Crippen LogP contribution in [0.5, 0.6) is 0 Å². The van der Waals surface area contributed by atoms with Gasteiger partial charge in [-0.15, -0.1) is 0 Å². The average Bonchev–Trinajstić information content (AvgIpc) is 3.32. The molecule has 4 N–H and O–H groups in total. The molecule has 1 aliphatic rings. The van der Waals surface area contributed by atoms with Gasteiger partial charge in [0.15, 0.2) is 17.0 Å². The highest BCUT2D eigenvalue weighted by Crippen LogP contribution is 2.45. The van der Waals surface area contributed by atoms with E-state index in [0.717, 1.165) is 0 Å². The van der Waals surface area contributed by atoms with Crippen molar-refractivity contribution in [2.75, 3.05) is 19.4 Å². The van der Waals surface area contributed by atoms with Crippen molar-refractivity contribution in [2.24, 2.45) is 5.41 Å². The maximum absolute atomic E-state index is 12.4. The monoisotopic (exact) mass is 422 g/mol. The molecule has 1 unspecified atom stereocenters. The van der Waals surface area contributed by atoms with E-state index in [1.54, 1.807) is 30.9 Å². The second kappa shape index (κ2) is 7.90. The largest absolute Gasteiger partial charge is 0.389 e. The van der Waals surface area contributed by atoms with E-state index >= 15 is 0 Å². The molecule has 4 atom stereocenters. The number of imidazole rings is 1. The van der Waals surface area contributed by atoms with Crippen molar-refractivity contribution in [1.82, 2.24) is 34.8 Å². The summed E-state index contributed by atoms with van der Waals surface area (Å²) in [5, 5.41) is 26.9. The van der Waals surface area contributed by atoms with Crippen LogP contribution in [0.4, 0.5) is 5.82 Å². The van der Waals surface area contributed by atoms with Crippen molar-refractivity contribution in [3.63, 3.8) is 0 Å². The molecule has 0 radical (unpaired) electrons. The molecular formula is C20H22N8O3. The van der Waals surface area contributed by atoms with Crippen LogP contribution < -0.4 is 10.6 Å². The van der Waals surface area contributed by atoms with Gasteiger partial charge in [-0.1, -0.05) is 0 Å². The summed E-state index contributed by atoms with van der Waals surface area (Å²) in [6.45, 7) is 1.63. The van der Waals surface area contributed by atoms with Crippen molar-refractivity contribution in [2.45, 2.75) is 31.6 Å². The maximum atomic E-state index is 12.4. The van der Waals surface area contributed by atoms with Gasteiger partial charge in [0.2, 0.25) is 11.7 Å². The molecule has 11 heteroatoms. The van der Waals surface area contributed by atoms with Gasteiger partial charge in [0.1, 0.15) is 11.8 Å². The van der Waals surface area contributed by atoms with Crippen molar-refractivity contribution in [1.29, 1.82) is 0 Å². The third-order valence-electron chi connectivity index (χ3n) is 5.63. The highest BCUT2D eigenvalue weighted by atomic mass is 16.3. The quantitative estimate of drug-likeness (QED) is 0.409. The van der Waals surface area contributed by atoms with E-state index in [-0.39, 0.29) is 18.2 Å². The van der Waals surface area contributed by atoms with Gasteiger partial charge in [-0.3, -0.25) is 9.78 Å². The second-order valence-electron chi connectivity index (χ2n) is 7.51. The van der Waals surface area contributed by atoms with E-state index in [2.05, 4.69) is 47.4 Å². The van der Waals surface area contributed by atoms with E-state index < -0.39 is 23.7 Å². The minimum absolute atomic E-state index is 0.208. The lowest BCUT2D eigenvalue weighted by molar-refractivity contribution is -0.136. The molecule has 3 aromatic heterocycles. The summed E-state index contributed by atoms with van der Waals surface area (Å²) < 4.78 is 1.66. The first kappa shape index (κ1) is 20.6. The molecule has 1 saturated carbocycles. The van der Waals surface area contributed by atoms with Gasteiger partial charge in [0.05, 0.1) is 30.1 Å². The minimum atomic E-state index is -1.24. The van der Waals surface area contributed by atoms with Gasteiger partial charge in [-0.25, -0.2) is 19.9 Å². The summed E-state index contributed by atoms with van der Waals surface area (Å²) in [7, 11) is 3.21. The van der Waals surface area contributed by atoms with E-state index in [0.29, 0.717) is 22.7 Å². The van der Waals surface area contributed by atoms with Crippen LogP contribution >= 0.6 is 0 Å². The summed E-state index contributed by atoms with van der Waals surface area (Å²) in [4.78, 5) is 33.7. The lowest BCUT2D eigenvalue weighted by Gasteiger charge is -2.26. The van der Waals surface area contributed by atoms with E-state index in [1.165, 1.54) is 19.6 Å². The molecule has 3 aromatic rings. The molecule has 0 saturated heterocycles.